The summed E-state index contributed by atoms with van der Waals surface area (Å²) in [5.74, 6) is 0. The summed E-state index contributed by atoms with van der Waals surface area (Å²) in [5.41, 5.74) is 3.12. The maximum Gasteiger partial charge on any atom is 0.0781 e. The zero-order valence-corrected chi connectivity index (χ0v) is 12.8. The summed E-state index contributed by atoms with van der Waals surface area (Å²) in [5, 5.41) is 10.6. The number of aliphatic hydroxyl groups excluding tert-OH is 1. The van der Waals surface area contributed by atoms with E-state index in [2.05, 4.69) is 17.9 Å². The molecule has 20 heavy (non-hydrogen) atoms. The van der Waals surface area contributed by atoms with Gasteiger partial charge in [-0.15, -0.1) is 0 Å². The smallest absolute Gasteiger partial charge is 0.0781 e. The Balaban J connectivity index is 2.34. The Morgan fingerprint density at radius 1 is 1.05 bits per heavy atom. The van der Waals surface area contributed by atoms with Crippen LogP contribution in [0.15, 0.2) is 48.5 Å². The minimum atomic E-state index is -0.486. The van der Waals surface area contributed by atoms with Gasteiger partial charge in [-0.1, -0.05) is 41.9 Å². The van der Waals surface area contributed by atoms with Gasteiger partial charge in [0.25, 0.3) is 0 Å². The molecule has 2 rings (SSSR count). The van der Waals surface area contributed by atoms with Gasteiger partial charge < -0.3 is 10.0 Å². The van der Waals surface area contributed by atoms with Gasteiger partial charge in [-0.05, 0) is 37.6 Å². The molecule has 0 aliphatic carbocycles. The first kappa shape index (κ1) is 14.9. The van der Waals surface area contributed by atoms with Crippen molar-refractivity contribution >= 4 is 17.3 Å². The number of aliphatic hydroxyl groups is 1. The Morgan fingerprint density at radius 3 is 2.40 bits per heavy atom. The van der Waals surface area contributed by atoms with Crippen molar-refractivity contribution in [2.75, 3.05) is 11.9 Å². The maximum absolute atomic E-state index is 9.90. The standard InChI is InChI=1S/C17H20ClNO/c1-12(14-7-6-8-15(18)11-14)19(3)17-10-5-4-9-16(17)13(2)20/h4-13,20H,1-3H3/t12?,13-/m1/s1. The molecule has 1 unspecified atom stereocenters. The molecule has 0 aliphatic heterocycles. The SMILES string of the molecule is CC(c1cccc(Cl)c1)N(C)c1ccccc1[C@@H](C)O. The molecule has 3 heteroatoms. The predicted octanol–water partition coefficient (Wildman–Crippen LogP) is 4.59. The number of hydrogen-bond acceptors (Lipinski definition) is 2. The Kier molecular flexibility index (Phi) is 4.69. The lowest BCUT2D eigenvalue weighted by Crippen LogP contribution is -2.23. The zero-order valence-electron chi connectivity index (χ0n) is 12.0. The Bertz CT molecular complexity index is 583. The van der Waals surface area contributed by atoms with Gasteiger partial charge in [0.2, 0.25) is 0 Å². The first-order valence-electron chi connectivity index (χ1n) is 6.76. The van der Waals surface area contributed by atoms with E-state index in [1.54, 1.807) is 6.92 Å². The number of para-hydroxylation sites is 1. The molecule has 2 atom stereocenters. The Morgan fingerprint density at radius 2 is 1.75 bits per heavy atom. The van der Waals surface area contributed by atoms with Gasteiger partial charge in [-0.2, -0.15) is 0 Å². The van der Waals surface area contributed by atoms with Crippen molar-refractivity contribution in [1.82, 2.24) is 0 Å². The van der Waals surface area contributed by atoms with Crippen LogP contribution in [-0.2, 0) is 0 Å². The topological polar surface area (TPSA) is 23.5 Å². The molecule has 0 spiro atoms. The summed E-state index contributed by atoms with van der Waals surface area (Å²) in [6.07, 6.45) is -0.486. The summed E-state index contributed by atoms with van der Waals surface area (Å²) in [6, 6.07) is 16.0. The van der Waals surface area contributed by atoms with Gasteiger partial charge in [-0.3, -0.25) is 0 Å². The molecule has 0 fully saturated rings. The molecule has 2 nitrogen and oxygen atoms in total. The summed E-state index contributed by atoms with van der Waals surface area (Å²) in [6.45, 7) is 3.92. The maximum atomic E-state index is 9.90. The lowest BCUT2D eigenvalue weighted by molar-refractivity contribution is 0.199. The fraction of sp³-hybridized carbons (Fsp3) is 0.294. The number of benzene rings is 2. The second kappa shape index (κ2) is 6.29. The highest BCUT2D eigenvalue weighted by Gasteiger charge is 2.17. The van der Waals surface area contributed by atoms with E-state index in [-0.39, 0.29) is 6.04 Å². The fourth-order valence-electron chi connectivity index (χ4n) is 2.36. The molecule has 0 aromatic heterocycles. The number of halogens is 1. The van der Waals surface area contributed by atoms with E-state index in [0.717, 1.165) is 21.8 Å². The number of nitrogens with zero attached hydrogens (tertiary/aromatic N) is 1. The molecule has 0 saturated heterocycles. The molecule has 0 aliphatic rings. The van der Waals surface area contributed by atoms with E-state index < -0.39 is 6.10 Å². The summed E-state index contributed by atoms with van der Waals surface area (Å²) >= 11 is 6.06. The van der Waals surface area contributed by atoms with Crippen molar-refractivity contribution in [3.8, 4) is 0 Å². The molecule has 0 amide bonds. The van der Waals surface area contributed by atoms with Crippen molar-refractivity contribution in [1.29, 1.82) is 0 Å². The predicted molar refractivity (Wildman–Crippen MR) is 85.3 cm³/mol. The highest BCUT2D eigenvalue weighted by molar-refractivity contribution is 6.30. The number of rotatable bonds is 4. The lowest BCUT2D eigenvalue weighted by Gasteiger charge is -2.30. The molecule has 2 aromatic rings. The van der Waals surface area contributed by atoms with Crippen LogP contribution in [0.1, 0.15) is 37.1 Å². The van der Waals surface area contributed by atoms with Gasteiger partial charge in [0, 0.05) is 23.3 Å². The normalized spacial score (nSPS) is 13.8. The summed E-state index contributed by atoms with van der Waals surface area (Å²) < 4.78 is 0. The van der Waals surface area contributed by atoms with Gasteiger partial charge in [0.1, 0.15) is 0 Å². The molecule has 2 aromatic carbocycles. The van der Waals surface area contributed by atoms with E-state index in [4.69, 9.17) is 11.6 Å². The quantitative estimate of drug-likeness (QED) is 0.890. The molecule has 0 bridgehead atoms. The van der Waals surface area contributed by atoms with E-state index in [0.29, 0.717) is 0 Å². The molecule has 0 saturated carbocycles. The van der Waals surface area contributed by atoms with Crippen LogP contribution in [-0.4, -0.2) is 12.2 Å². The average molecular weight is 290 g/mol. The Labute approximate surface area is 125 Å². The highest BCUT2D eigenvalue weighted by atomic mass is 35.5. The van der Waals surface area contributed by atoms with Crippen molar-refractivity contribution in [3.63, 3.8) is 0 Å². The van der Waals surface area contributed by atoms with Gasteiger partial charge in [0.15, 0.2) is 0 Å². The molecule has 0 heterocycles. The van der Waals surface area contributed by atoms with E-state index >= 15 is 0 Å². The first-order chi connectivity index (χ1) is 9.50. The minimum absolute atomic E-state index is 0.175. The van der Waals surface area contributed by atoms with Crippen molar-refractivity contribution in [2.45, 2.75) is 26.0 Å². The number of hydrogen-bond donors (Lipinski definition) is 1. The van der Waals surface area contributed by atoms with Crippen LogP contribution in [0.25, 0.3) is 0 Å². The molecular formula is C17H20ClNO. The fourth-order valence-corrected chi connectivity index (χ4v) is 2.56. The van der Waals surface area contributed by atoms with Crippen LogP contribution in [0, 0.1) is 0 Å². The summed E-state index contributed by atoms with van der Waals surface area (Å²) in [4.78, 5) is 2.16. The average Bonchev–Trinajstić information content (AvgIpc) is 2.45. The van der Waals surface area contributed by atoms with E-state index in [1.807, 2.05) is 49.5 Å². The van der Waals surface area contributed by atoms with Crippen LogP contribution < -0.4 is 4.90 Å². The molecule has 1 N–H and O–H groups in total. The van der Waals surface area contributed by atoms with E-state index in [1.165, 1.54) is 0 Å². The Hall–Kier alpha value is -1.51. The zero-order chi connectivity index (χ0) is 14.7. The third-order valence-corrected chi connectivity index (χ3v) is 3.91. The second-order valence-corrected chi connectivity index (χ2v) is 5.51. The van der Waals surface area contributed by atoms with Gasteiger partial charge >= 0.3 is 0 Å². The summed E-state index contributed by atoms with van der Waals surface area (Å²) in [7, 11) is 2.03. The second-order valence-electron chi connectivity index (χ2n) is 5.08. The van der Waals surface area contributed by atoms with Crippen LogP contribution >= 0.6 is 11.6 Å². The monoisotopic (exact) mass is 289 g/mol. The lowest BCUT2D eigenvalue weighted by atomic mass is 10.0. The third kappa shape index (κ3) is 3.14. The van der Waals surface area contributed by atoms with Gasteiger partial charge in [0.05, 0.1) is 12.1 Å². The first-order valence-corrected chi connectivity index (χ1v) is 7.13. The minimum Gasteiger partial charge on any atom is -0.389 e. The van der Waals surface area contributed by atoms with Crippen LogP contribution in [0.4, 0.5) is 5.69 Å². The van der Waals surface area contributed by atoms with Crippen LogP contribution in [0.5, 0.6) is 0 Å². The van der Waals surface area contributed by atoms with Crippen LogP contribution in [0.2, 0.25) is 5.02 Å². The van der Waals surface area contributed by atoms with Crippen molar-refractivity contribution in [2.24, 2.45) is 0 Å². The van der Waals surface area contributed by atoms with Crippen molar-refractivity contribution in [3.05, 3.63) is 64.7 Å². The molecule has 106 valence electrons. The largest absolute Gasteiger partial charge is 0.389 e. The van der Waals surface area contributed by atoms with Crippen molar-refractivity contribution < 1.29 is 5.11 Å². The van der Waals surface area contributed by atoms with E-state index in [9.17, 15) is 5.11 Å². The van der Waals surface area contributed by atoms with Gasteiger partial charge in [-0.25, -0.2) is 0 Å². The molecular weight excluding hydrogens is 270 g/mol. The third-order valence-electron chi connectivity index (χ3n) is 3.68. The highest BCUT2D eigenvalue weighted by Crippen LogP contribution is 2.31. The van der Waals surface area contributed by atoms with Crippen LogP contribution in [0.3, 0.4) is 0 Å². The molecule has 0 radical (unpaired) electrons. The number of anilines is 1.